The van der Waals surface area contributed by atoms with Crippen LogP contribution in [0, 0.1) is 5.41 Å². The molecule has 0 bridgehead atoms. The molecule has 108 valence electrons. The van der Waals surface area contributed by atoms with Crippen molar-refractivity contribution in [2.24, 2.45) is 11.1 Å². The Bertz CT molecular complexity index is 493. The summed E-state index contributed by atoms with van der Waals surface area (Å²) in [4.78, 5) is 0. The van der Waals surface area contributed by atoms with Crippen LogP contribution in [0.25, 0.3) is 0 Å². The molecule has 0 spiro atoms. The van der Waals surface area contributed by atoms with E-state index in [0.29, 0.717) is 6.42 Å². The summed E-state index contributed by atoms with van der Waals surface area (Å²) in [6.07, 6.45) is 3.32. The van der Waals surface area contributed by atoms with Gasteiger partial charge in [-0.1, -0.05) is 20.3 Å². The van der Waals surface area contributed by atoms with Crippen LogP contribution < -0.4 is 5.73 Å². The van der Waals surface area contributed by atoms with Crippen molar-refractivity contribution in [2.75, 3.05) is 17.8 Å². The van der Waals surface area contributed by atoms with Gasteiger partial charge in [-0.2, -0.15) is 0 Å². The highest BCUT2D eigenvalue weighted by Gasteiger charge is 2.42. The first-order valence-electron chi connectivity index (χ1n) is 6.11. The van der Waals surface area contributed by atoms with Gasteiger partial charge in [0.25, 0.3) is 0 Å². The highest BCUT2D eigenvalue weighted by Crippen LogP contribution is 2.37. The van der Waals surface area contributed by atoms with Gasteiger partial charge in [0.2, 0.25) is 0 Å². The van der Waals surface area contributed by atoms with Gasteiger partial charge in [-0.05, 0) is 18.3 Å². The molecular weight excluding hydrogens is 274 g/mol. The van der Waals surface area contributed by atoms with Crippen molar-refractivity contribution in [2.45, 2.75) is 44.4 Å². The molecule has 1 rings (SSSR count). The van der Waals surface area contributed by atoms with Gasteiger partial charge in [-0.3, -0.25) is 0 Å². The summed E-state index contributed by atoms with van der Waals surface area (Å²) in [5, 5.41) is -0.608. The van der Waals surface area contributed by atoms with Crippen LogP contribution in [-0.4, -0.2) is 45.9 Å². The molecule has 7 heteroatoms. The van der Waals surface area contributed by atoms with E-state index >= 15 is 0 Å². The maximum Gasteiger partial charge on any atom is 0.155 e. The Kier molecular flexibility index (Phi) is 4.50. The summed E-state index contributed by atoms with van der Waals surface area (Å²) in [7, 11) is -6.70. The number of sulfone groups is 2. The molecule has 1 saturated carbocycles. The molecule has 0 heterocycles. The van der Waals surface area contributed by atoms with Gasteiger partial charge in [-0.15, -0.1) is 0 Å². The van der Waals surface area contributed by atoms with Crippen LogP contribution in [0.5, 0.6) is 0 Å². The van der Waals surface area contributed by atoms with Crippen LogP contribution in [0.3, 0.4) is 0 Å². The molecule has 1 aliphatic carbocycles. The molecule has 0 radical (unpaired) electrons. The van der Waals surface area contributed by atoms with E-state index in [2.05, 4.69) is 0 Å². The van der Waals surface area contributed by atoms with Gasteiger partial charge in [0.15, 0.2) is 9.84 Å². The van der Waals surface area contributed by atoms with Gasteiger partial charge >= 0.3 is 0 Å². The SMILES string of the molecule is CC1(C)CCCC(S(=O)(=O)CCS(C)(=O)=O)C1N. The van der Waals surface area contributed by atoms with Gasteiger partial charge in [-0.25, -0.2) is 16.8 Å². The van der Waals surface area contributed by atoms with Crippen molar-refractivity contribution in [3.8, 4) is 0 Å². The van der Waals surface area contributed by atoms with Crippen molar-refractivity contribution >= 4 is 19.7 Å². The van der Waals surface area contributed by atoms with Gasteiger partial charge in [0.1, 0.15) is 9.84 Å². The van der Waals surface area contributed by atoms with E-state index in [-0.39, 0.29) is 16.9 Å². The molecular formula is C11H23NO4S2. The minimum Gasteiger partial charge on any atom is -0.326 e. The molecule has 0 aliphatic heterocycles. The number of hydrogen-bond donors (Lipinski definition) is 1. The third-order valence-corrected chi connectivity index (χ3v) is 7.24. The van der Waals surface area contributed by atoms with Gasteiger partial charge in [0.05, 0.1) is 16.8 Å². The van der Waals surface area contributed by atoms with Crippen LogP contribution >= 0.6 is 0 Å². The average molecular weight is 297 g/mol. The quantitative estimate of drug-likeness (QED) is 0.808. The predicted octanol–water partition coefficient (Wildman–Crippen LogP) is 0.352. The maximum atomic E-state index is 12.2. The first-order valence-corrected chi connectivity index (χ1v) is 9.88. The Labute approximate surface area is 110 Å². The van der Waals surface area contributed by atoms with Gasteiger partial charge in [0, 0.05) is 12.3 Å². The molecule has 2 atom stereocenters. The van der Waals surface area contributed by atoms with Crippen LogP contribution in [-0.2, 0) is 19.7 Å². The van der Waals surface area contributed by atoms with Crippen molar-refractivity contribution in [1.82, 2.24) is 0 Å². The average Bonchev–Trinajstić information content (AvgIpc) is 2.18. The van der Waals surface area contributed by atoms with E-state index in [0.717, 1.165) is 19.1 Å². The number of hydrogen-bond acceptors (Lipinski definition) is 5. The number of nitrogens with two attached hydrogens (primary N) is 1. The lowest BCUT2D eigenvalue weighted by Crippen LogP contribution is -2.53. The predicted molar refractivity (Wildman–Crippen MR) is 72.9 cm³/mol. The largest absolute Gasteiger partial charge is 0.326 e. The molecule has 2 N–H and O–H groups in total. The molecule has 0 aromatic heterocycles. The highest BCUT2D eigenvalue weighted by molar-refractivity contribution is 7.95. The fraction of sp³-hybridized carbons (Fsp3) is 1.00. The lowest BCUT2D eigenvalue weighted by atomic mass is 9.73. The molecule has 2 unspecified atom stereocenters. The maximum absolute atomic E-state index is 12.2. The molecule has 0 amide bonds. The molecule has 0 saturated heterocycles. The minimum absolute atomic E-state index is 0.207. The Hall–Kier alpha value is -0.140. The van der Waals surface area contributed by atoms with Crippen LogP contribution in [0.2, 0.25) is 0 Å². The zero-order chi connectivity index (χ0) is 14.2. The third-order valence-electron chi connectivity index (χ3n) is 3.81. The monoisotopic (exact) mass is 297 g/mol. The zero-order valence-electron chi connectivity index (χ0n) is 11.2. The van der Waals surface area contributed by atoms with Crippen molar-refractivity contribution < 1.29 is 16.8 Å². The van der Waals surface area contributed by atoms with Crippen LogP contribution in [0.4, 0.5) is 0 Å². The standard InChI is InChI=1S/C11H23NO4S2/c1-11(2)6-4-5-9(10(11)12)18(15,16)8-7-17(3,13)14/h9-10H,4-8,12H2,1-3H3. The molecule has 5 nitrogen and oxygen atoms in total. The molecule has 0 aromatic rings. The molecule has 18 heavy (non-hydrogen) atoms. The molecule has 1 aliphatic rings. The summed E-state index contributed by atoms with van der Waals surface area (Å²) >= 11 is 0. The van der Waals surface area contributed by atoms with Gasteiger partial charge < -0.3 is 5.73 Å². The van der Waals surface area contributed by atoms with E-state index in [9.17, 15) is 16.8 Å². The summed E-state index contributed by atoms with van der Waals surface area (Å²) in [6.45, 7) is 3.94. The Morgan fingerprint density at radius 2 is 1.72 bits per heavy atom. The fourth-order valence-electron chi connectivity index (χ4n) is 2.43. The lowest BCUT2D eigenvalue weighted by Gasteiger charge is -2.41. The summed E-state index contributed by atoms with van der Waals surface area (Å²) in [5.74, 6) is -0.640. The van der Waals surface area contributed by atoms with E-state index in [1.54, 1.807) is 0 Å². The highest BCUT2D eigenvalue weighted by atomic mass is 32.2. The third kappa shape index (κ3) is 3.93. The Morgan fingerprint density at radius 3 is 2.22 bits per heavy atom. The second kappa shape index (κ2) is 5.09. The zero-order valence-corrected chi connectivity index (χ0v) is 12.9. The fourth-order valence-corrected chi connectivity index (χ4v) is 6.21. The topological polar surface area (TPSA) is 94.3 Å². The van der Waals surface area contributed by atoms with E-state index in [4.69, 9.17) is 5.73 Å². The van der Waals surface area contributed by atoms with Crippen molar-refractivity contribution in [1.29, 1.82) is 0 Å². The van der Waals surface area contributed by atoms with E-state index in [1.807, 2.05) is 13.8 Å². The van der Waals surface area contributed by atoms with Crippen LogP contribution in [0.1, 0.15) is 33.1 Å². The second-order valence-electron chi connectivity index (χ2n) is 5.94. The molecule has 1 fully saturated rings. The Morgan fingerprint density at radius 1 is 1.17 bits per heavy atom. The van der Waals surface area contributed by atoms with Crippen LogP contribution in [0.15, 0.2) is 0 Å². The summed E-state index contributed by atoms with van der Waals surface area (Å²) in [5.41, 5.74) is 5.85. The summed E-state index contributed by atoms with van der Waals surface area (Å²) < 4.78 is 46.5. The Balaban J connectivity index is 2.85. The van der Waals surface area contributed by atoms with E-state index < -0.39 is 31.0 Å². The minimum atomic E-state index is -3.44. The van der Waals surface area contributed by atoms with Crippen molar-refractivity contribution in [3.05, 3.63) is 0 Å². The smallest absolute Gasteiger partial charge is 0.155 e. The van der Waals surface area contributed by atoms with Crippen molar-refractivity contribution in [3.63, 3.8) is 0 Å². The first kappa shape index (κ1) is 15.9. The normalized spacial score (nSPS) is 29.1. The second-order valence-corrected chi connectivity index (χ2v) is 10.5. The number of rotatable bonds is 4. The lowest BCUT2D eigenvalue weighted by molar-refractivity contribution is 0.204. The first-order chi connectivity index (χ1) is 7.96. The summed E-state index contributed by atoms with van der Waals surface area (Å²) in [6, 6.07) is -0.421. The van der Waals surface area contributed by atoms with E-state index in [1.165, 1.54) is 0 Å². The molecule has 0 aromatic carbocycles.